The second kappa shape index (κ2) is 6.28. The van der Waals surface area contributed by atoms with Crippen molar-refractivity contribution in [2.24, 2.45) is 0 Å². The number of allylic oxidation sites excluding steroid dienone is 2. The van der Waals surface area contributed by atoms with Crippen molar-refractivity contribution in [1.82, 2.24) is 0 Å². The van der Waals surface area contributed by atoms with Gasteiger partial charge < -0.3 is 14.9 Å². The number of rotatable bonds is 4. The fourth-order valence-electron chi connectivity index (χ4n) is 2.64. The van der Waals surface area contributed by atoms with Crippen LogP contribution in [0.5, 0.6) is 11.5 Å². The molecule has 1 aliphatic heterocycles. The van der Waals surface area contributed by atoms with E-state index in [1.165, 1.54) is 5.57 Å². The average Bonchev–Trinajstić information content (AvgIpc) is 2.44. The van der Waals surface area contributed by atoms with Crippen molar-refractivity contribution in [2.75, 3.05) is 0 Å². The first kappa shape index (κ1) is 17.4. The van der Waals surface area contributed by atoms with Crippen LogP contribution in [0.1, 0.15) is 55.1 Å². The summed E-state index contributed by atoms with van der Waals surface area (Å²) in [6.45, 7) is 7.59. The van der Waals surface area contributed by atoms with Crippen LogP contribution < -0.4 is 4.74 Å². The van der Waals surface area contributed by atoms with Crippen molar-refractivity contribution in [2.45, 2.75) is 46.1 Å². The Morgan fingerprint density at radius 2 is 2.09 bits per heavy atom. The quantitative estimate of drug-likeness (QED) is 0.762. The van der Waals surface area contributed by atoms with Crippen molar-refractivity contribution >= 4 is 23.6 Å². The number of aromatic carboxylic acids is 1. The van der Waals surface area contributed by atoms with Crippen molar-refractivity contribution in [3.63, 3.8) is 0 Å². The Morgan fingerprint density at radius 1 is 1.43 bits per heavy atom. The van der Waals surface area contributed by atoms with Crippen LogP contribution in [-0.2, 0) is 0 Å². The smallest absolute Gasteiger partial charge is 0.339 e. The number of phenols is 1. The molecule has 1 heterocycles. The van der Waals surface area contributed by atoms with Crippen LogP contribution >= 0.6 is 11.6 Å². The van der Waals surface area contributed by atoms with E-state index in [1.54, 1.807) is 13.0 Å². The minimum Gasteiger partial charge on any atom is -0.506 e. The molecule has 0 spiro atoms. The number of hydrogen-bond acceptors (Lipinski definition) is 3. The van der Waals surface area contributed by atoms with Crippen molar-refractivity contribution < 1.29 is 19.7 Å². The molecule has 0 fully saturated rings. The predicted octanol–water partition coefficient (Wildman–Crippen LogP) is 4.96. The summed E-state index contributed by atoms with van der Waals surface area (Å²) in [5.41, 5.74) is 1.13. The summed E-state index contributed by atoms with van der Waals surface area (Å²) in [5, 5.41) is 19.7. The van der Waals surface area contributed by atoms with Gasteiger partial charge in [0.15, 0.2) is 0 Å². The third-order valence-electron chi connectivity index (χ3n) is 3.99. The number of carbonyl (C=O) groups is 1. The van der Waals surface area contributed by atoms with Crippen molar-refractivity contribution in [3.05, 3.63) is 39.4 Å². The van der Waals surface area contributed by atoms with Gasteiger partial charge in [0.1, 0.15) is 22.7 Å². The van der Waals surface area contributed by atoms with E-state index >= 15 is 0 Å². The average molecular weight is 337 g/mol. The van der Waals surface area contributed by atoms with E-state index in [4.69, 9.17) is 16.3 Å². The molecule has 0 radical (unpaired) electrons. The minimum absolute atomic E-state index is 0.185. The summed E-state index contributed by atoms with van der Waals surface area (Å²) in [4.78, 5) is 11.3. The first-order chi connectivity index (χ1) is 10.7. The Bertz CT molecular complexity index is 714. The fraction of sp³-hybridized carbons (Fsp3) is 0.389. The van der Waals surface area contributed by atoms with Gasteiger partial charge in [-0.2, -0.15) is 0 Å². The summed E-state index contributed by atoms with van der Waals surface area (Å²) in [7, 11) is 0. The van der Waals surface area contributed by atoms with E-state index < -0.39 is 11.6 Å². The summed E-state index contributed by atoms with van der Waals surface area (Å²) in [6.07, 6.45) is 7.27. The highest BCUT2D eigenvalue weighted by Gasteiger charge is 2.33. The van der Waals surface area contributed by atoms with Crippen LogP contribution in [0.3, 0.4) is 0 Å². The van der Waals surface area contributed by atoms with E-state index in [-0.39, 0.29) is 16.3 Å². The maximum atomic E-state index is 11.3. The topological polar surface area (TPSA) is 66.8 Å². The largest absolute Gasteiger partial charge is 0.506 e. The standard InChI is InChI=1S/C18H21ClO4/c1-10(2)6-5-8-18(4)9-7-12-15(20)13(17(21)22)11(3)14(19)16(12)23-18/h6-7,9,20H,5,8H2,1-4H3,(H,21,22). The molecule has 1 atom stereocenters. The van der Waals surface area contributed by atoms with E-state index in [9.17, 15) is 15.0 Å². The Hall–Kier alpha value is -1.94. The van der Waals surface area contributed by atoms with Gasteiger partial charge in [-0.1, -0.05) is 23.3 Å². The highest BCUT2D eigenvalue weighted by Crippen LogP contribution is 2.46. The Balaban J connectivity index is 2.43. The third-order valence-corrected chi connectivity index (χ3v) is 4.44. The van der Waals surface area contributed by atoms with Gasteiger partial charge in [-0.25, -0.2) is 4.79 Å². The van der Waals surface area contributed by atoms with E-state index in [0.29, 0.717) is 16.9 Å². The number of ether oxygens (including phenoxy) is 1. The lowest BCUT2D eigenvalue weighted by molar-refractivity contribution is 0.0692. The first-order valence-electron chi connectivity index (χ1n) is 7.46. The van der Waals surface area contributed by atoms with Crippen LogP contribution in [0, 0.1) is 6.92 Å². The van der Waals surface area contributed by atoms with Crippen LogP contribution in [0.2, 0.25) is 5.02 Å². The number of halogens is 1. The van der Waals surface area contributed by atoms with E-state index in [1.807, 2.05) is 26.8 Å². The molecule has 0 aromatic heterocycles. The lowest BCUT2D eigenvalue weighted by atomic mass is 9.92. The van der Waals surface area contributed by atoms with E-state index in [2.05, 4.69) is 6.08 Å². The predicted molar refractivity (Wildman–Crippen MR) is 91.5 cm³/mol. The maximum absolute atomic E-state index is 11.3. The van der Waals surface area contributed by atoms with Crippen LogP contribution in [0.4, 0.5) is 0 Å². The summed E-state index contributed by atoms with van der Waals surface area (Å²) in [5.74, 6) is -1.18. The molecule has 2 N–H and O–H groups in total. The van der Waals surface area contributed by atoms with E-state index in [0.717, 1.165) is 12.8 Å². The highest BCUT2D eigenvalue weighted by molar-refractivity contribution is 6.33. The van der Waals surface area contributed by atoms with Gasteiger partial charge in [-0.05, 0) is 58.3 Å². The lowest BCUT2D eigenvalue weighted by Crippen LogP contribution is -2.32. The summed E-state index contributed by atoms with van der Waals surface area (Å²) < 4.78 is 6.03. The minimum atomic E-state index is -1.21. The molecule has 124 valence electrons. The second-order valence-corrected chi connectivity index (χ2v) is 6.66. The van der Waals surface area contributed by atoms with Gasteiger partial charge in [0, 0.05) is 0 Å². The third kappa shape index (κ3) is 3.37. The van der Waals surface area contributed by atoms with Gasteiger partial charge >= 0.3 is 5.97 Å². The number of aromatic hydroxyl groups is 1. The molecule has 0 saturated carbocycles. The van der Waals surface area contributed by atoms with Crippen LogP contribution in [0.25, 0.3) is 6.08 Å². The zero-order valence-electron chi connectivity index (χ0n) is 13.7. The Labute approximate surface area is 141 Å². The van der Waals surface area contributed by atoms with Crippen molar-refractivity contribution in [3.8, 4) is 11.5 Å². The Kier molecular flexibility index (Phi) is 4.76. The molecule has 1 aromatic carbocycles. The van der Waals surface area contributed by atoms with Gasteiger partial charge in [0.05, 0.1) is 10.6 Å². The molecular weight excluding hydrogens is 316 g/mol. The number of benzene rings is 1. The van der Waals surface area contributed by atoms with Gasteiger partial charge in [-0.15, -0.1) is 0 Å². The number of fused-ring (bicyclic) bond motifs is 1. The SMILES string of the molecule is CC(C)=CCCC1(C)C=Cc2c(O)c(C(=O)O)c(C)c(Cl)c2O1. The molecule has 1 aromatic rings. The molecule has 0 aliphatic carbocycles. The zero-order valence-corrected chi connectivity index (χ0v) is 14.5. The molecule has 0 bridgehead atoms. The molecule has 5 heteroatoms. The van der Waals surface area contributed by atoms with Crippen LogP contribution in [-0.4, -0.2) is 21.8 Å². The molecular formula is C18H21ClO4. The van der Waals surface area contributed by atoms with Gasteiger partial charge in [-0.3, -0.25) is 0 Å². The molecule has 1 unspecified atom stereocenters. The highest BCUT2D eigenvalue weighted by atomic mass is 35.5. The maximum Gasteiger partial charge on any atom is 0.339 e. The molecule has 23 heavy (non-hydrogen) atoms. The fourth-order valence-corrected chi connectivity index (χ4v) is 2.88. The summed E-state index contributed by atoms with van der Waals surface area (Å²) in [6, 6.07) is 0. The molecule has 0 saturated heterocycles. The normalized spacial score (nSPS) is 19.0. The number of hydrogen-bond donors (Lipinski definition) is 2. The molecule has 2 rings (SSSR count). The lowest BCUT2D eigenvalue weighted by Gasteiger charge is -2.33. The Morgan fingerprint density at radius 3 is 2.65 bits per heavy atom. The molecule has 0 amide bonds. The van der Waals surface area contributed by atoms with Crippen LogP contribution in [0.15, 0.2) is 17.7 Å². The van der Waals surface area contributed by atoms with Gasteiger partial charge in [0.25, 0.3) is 0 Å². The number of carboxylic acids is 1. The zero-order chi connectivity index (χ0) is 17.4. The van der Waals surface area contributed by atoms with Crippen molar-refractivity contribution in [1.29, 1.82) is 0 Å². The summed E-state index contributed by atoms with van der Waals surface area (Å²) >= 11 is 6.30. The second-order valence-electron chi connectivity index (χ2n) is 6.28. The monoisotopic (exact) mass is 336 g/mol. The number of carboxylic acid groups (broad SMARTS) is 1. The van der Waals surface area contributed by atoms with Gasteiger partial charge in [0.2, 0.25) is 0 Å². The first-order valence-corrected chi connectivity index (χ1v) is 7.84. The molecule has 1 aliphatic rings. The molecule has 4 nitrogen and oxygen atoms in total.